The van der Waals surface area contributed by atoms with Crippen LogP contribution in [0.5, 0.6) is 0 Å². The first-order valence-electron chi connectivity index (χ1n) is 6.76. The van der Waals surface area contributed by atoms with Crippen molar-refractivity contribution in [2.75, 3.05) is 13.1 Å². The van der Waals surface area contributed by atoms with Crippen LogP contribution in [0.3, 0.4) is 0 Å². The van der Waals surface area contributed by atoms with E-state index in [1.165, 1.54) is 0 Å². The van der Waals surface area contributed by atoms with E-state index in [9.17, 15) is 4.79 Å². The Balaban J connectivity index is 1.68. The van der Waals surface area contributed by atoms with E-state index in [0.29, 0.717) is 17.4 Å². The molecule has 1 aliphatic heterocycles. The first-order chi connectivity index (χ1) is 9.74. The zero-order chi connectivity index (χ0) is 13.9. The van der Waals surface area contributed by atoms with Crippen LogP contribution >= 0.6 is 0 Å². The maximum absolute atomic E-state index is 12.2. The van der Waals surface area contributed by atoms with Gasteiger partial charge < -0.3 is 19.6 Å². The molecular formula is C14H17N3O3. The van der Waals surface area contributed by atoms with E-state index in [-0.39, 0.29) is 17.6 Å². The summed E-state index contributed by atoms with van der Waals surface area (Å²) >= 11 is 0. The average Bonchev–Trinajstić information content (AvgIpc) is 3.11. The van der Waals surface area contributed by atoms with Gasteiger partial charge in [0.2, 0.25) is 5.76 Å². The van der Waals surface area contributed by atoms with Crippen molar-refractivity contribution in [2.45, 2.75) is 19.4 Å². The van der Waals surface area contributed by atoms with Crippen molar-refractivity contribution in [3.8, 4) is 11.5 Å². The van der Waals surface area contributed by atoms with E-state index in [1.54, 1.807) is 24.5 Å². The molecule has 1 saturated heterocycles. The van der Waals surface area contributed by atoms with Gasteiger partial charge in [0.25, 0.3) is 5.91 Å². The molecule has 1 aliphatic rings. The molecule has 3 rings (SSSR count). The van der Waals surface area contributed by atoms with Crippen molar-refractivity contribution < 1.29 is 13.7 Å². The summed E-state index contributed by atoms with van der Waals surface area (Å²) < 4.78 is 10.3. The van der Waals surface area contributed by atoms with Crippen molar-refractivity contribution in [2.24, 2.45) is 5.92 Å². The first kappa shape index (κ1) is 12.9. The SMILES string of the molecule is CC1CNCCC1NC(=O)c1cc(-c2ccco2)on1. The van der Waals surface area contributed by atoms with E-state index >= 15 is 0 Å². The number of nitrogens with one attached hydrogen (secondary N) is 2. The highest BCUT2D eigenvalue weighted by Crippen LogP contribution is 2.20. The molecule has 0 aliphatic carbocycles. The molecule has 0 spiro atoms. The van der Waals surface area contributed by atoms with E-state index in [2.05, 4.69) is 22.7 Å². The Bertz CT molecular complexity index is 576. The molecule has 2 aromatic heterocycles. The molecule has 2 aromatic rings. The Morgan fingerprint density at radius 1 is 1.50 bits per heavy atom. The lowest BCUT2D eigenvalue weighted by Gasteiger charge is -2.29. The molecule has 3 heterocycles. The minimum absolute atomic E-state index is 0.174. The molecule has 0 saturated carbocycles. The van der Waals surface area contributed by atoms with Crippen LogP contribution < -0.4 is 10.6 Å². The lowest BCUT2D eigenvalue weighted by atomic mass is 9.95. The van der Waals surface area contributed by atoms with Crippen molar-refractivity contribution in [1.82, 2.24) is 15.8 Å². The Labute approximate surface area is 116 Å². The summed E-state index contributed by atoms with van der Waals surface area (Å²) in [5.74, 6) is 1.22. The number of carbonyl (C=O) groups excluding carboxylic acids is 1. The van der Waals surface area contributed by atoms with Crippen LogP contribution in [0.2, 0.25) is 0 Å². The van der Waals surface area contributed by atoms with Gasteiger partial charge in [-0.3, -0.25) is 4.79 Å². The number of carbonyl (C=O) groups is 1. The molecular weight excluding hydrogens is 258 g/mol. The molecule has 6 heteroatoms. The molecule has 0 bridgehead atoms. The summed E-state index contributed by atoms with van der Waals surface area (Å²) in [6.45, 7) is 3.96. The van der Waals surface area contributed by atoms with Crippen molar-refractivity contribution >= 4 is 5.91 Å². The number of amides is 1. The molecule has 6 nitrogen and oxygen atoms in total. The quantitative estimate of drug-likeness (QED) is 0.890. The summed E-state index contributed by atoms with van der Waals surface area (Å²) in [5, 5.41) is 10.1. The van der Waals surface area contributed by atoms with Crippen LogP contribution in [-0.2, 0) is 0 Å². The maximum Gasteiger partial charge on any atom is 0.273 e. The van der Waals surface area contributed by atoms with Crippen LogP contribution in [0.25, 0.3) is 11.5 Å². The van der Waals surface area contributed by atoms with Gasteiger partial charge >= 0.3 is 0 Å². The number of rotatable bonds is 3. The predicted octanol–water partition coefficient (Wildman–Crippen LogP) is 1.66. The van der Waals surface area contributed by atoms with Gasteiger partial charge in [0.15, 0.2) is 11.5 Å². The summed E-state index contributed by atoms with van der Waals surface area (Å²) in [4.78, 5) is 12.2. The van der Waals surface area contributed by atoms with Crippen molar-refractivity contribution in [3.63, 3.8) is 0 Å². The van der Waals surface area contributed by atoms with E-state index in [0.717, 1.165) is 19.5 Å². The van der Waals surface area contributed by atoms with Gasteiger partial charge in [-0.25, -0.2) is 0 Å². The van der Waals surface area contributed by atoms with Crippen LogP contribution in [-0.4, -0.2) is 30.2 Å². The lowest BCUT2D eigenvalue weighted by Crippen LogP contribution is -2.48. The number of nitrogens with zero attached hydrogens (tertiary/aromatic N) is 1. The zero-order valence-corrected chi connectivity index (χ0v) is 11.3. The molecule has 0 aromatic carbocycles. The second kappa shape index (κ2) is 5.50. The van der Waals surface area contributed by atoms with Crippen LogP contribution in [0.15, 0.2) is 33.4 Å². The van der Waals surface area contributed by atoms with Crippen LogP contribution in [0.1, 0.15) is 23.8 Å². The summed E-state index contributed by atoms with van der Waals surface area (Å²) in [7, 11) is 0. The van der Waals surface area contributed by atoms with Gasteiger partial charge in [0.1, 0.15) is 0 Å². The van der Waals surface area contributed by atoms with Gasteiger partial charge in [-0.15, -0.1) is 0 Å². The Kier molecular flexibility index (Phi) is 3.56. The Morgan fingerprint density at radius 2 is 2.40 bits per heavy atom. The van der Waals surface area contributed by atoms with Gasteiger partial charge in [-0.2, -0.15) is 0 Å². The lowest BCUT2D eigenvalue weighted by molar-refractivity contribution is 0.0905. The summed E-state index contributed by atoms with van der Waals surface area (Å²) in [6.07, 6.45) is 2.48. The minimum Gasteiger partial charge on any atom is -0.461 e. The van der Waals surface area contributed by atoms with Gasteiger partial charge in [-0.1, -0.05) is 12.1 Å². The Morgan fingerprint density at radius 3 is 3.15 bits per heavy atom. The van der Waals surface area contributed by atoms with Crippen LogP contribution in [0, 0.1) is 5.92 Å². The van der Waals surface area contributed by atoms with Gasteiger partial charge in [-0.05, 0) is 37.6 Å². The van der Waals surface area contributed by atoms with E-state index < -0.39 is 0 Å². The third-order valence-electron chi connectivity index (χ3n) is 3.61. The molecule has 1 fully saturated rings. The highest BCUT2D eigenvalue weighted by Gasteiger charge is 2.24. The molecule has 1 amide bonds. The number of hydrogen-bond acceptors (Lipinski definition) is 5. The normalized spacial score (nSPS) is 22.6. The number of piperidine rings is 1. The standard InChI is InChI=1S/C14H17N3O3/c1-9-8-15-5-4-10(9)16-14(18)11-7-13(20-17-11)12-3-2-6-19-12/h2-3,6-7,9-10,15H,4-5,8H2,1H3,(H,16,18). The van der Waals surface area contributed by atoms with E-state index in [4.69, 9.17) is 8.94 Å². The van der Waals surface area contributed by atoms with Gasteiger partial charge in [0, 0.05) is 12.1 Å². The topological polar surface area (TPSA) is 80.3 Å². The summed E-state index contributed by atoms with van der Waals surface area (Å²) in [6, 6.07) is 5.29. The maximum atomic E-state index is 12.2. The fourth-order valence-electron chi connectivity index (χ4n) is 2.39. The molecule has 2 N–H and O–H groups in total. The molecule has 0 radical (unpaired) electrons. The molecule has 2 unspecified atom stereocenters. The molecule has 106 valence electrons. The van der Waals surface area contributed by atoms with Gasteiger partial charge in [0.05, 0.1) is 6.26 Å². The van der Waals surface area contributed by atoms with Crippen molar-refractivity contribution in [3.05, 3.63) is 30.2 Å². The highest BCUT2D eigenvalue weighted by molar-refractivity contribution is 5.93. The number of furan rings is 1. The van der Waals surface area contributed by atoms with Crippen LogP contribution in [0.4, 0.5) is 0 Å². The third kappa shape index (κ3) is 2.60. The third-order valence-corrected chi connectivity index (χ3v) is 3.61. The van der Waals surface area contributed by atoms with E-state index in [1.807, 2.05) is 0 Å². The summed E-state index contributed by atoms with van der Waals surface area (Å²) in [5.41, 5.74) is 0.280. The second-order valence-electron chi connectivity index (χ2n) is 5.10. The fourth-order valence-corrected chi connectivity index (χ4v) is 2.39. The fraction of sp³-hybridized carbons (Fsp3) is 0.429. The Hall–Kier alpha value is -2.08. The zero-order valence-electron chi connectivity index (χ0n) is 11.3. The predicted molar refractivity (Wildman–Crippen MR) is 72.1 cm³/mol. The monoisotopic (exact) mass is 275 g/mol. The number of aromatic nitrogens is 1. The smallest absolute Gasteiger partial charge is 0.273 e. The first-order valence-corrected chi connectivity index (χ1v) is 6.76. The average molecular weight is 275 g/mol. The molecule has 20 heavy (non-hydrogen) atoms. The second-order valence-corrected chi connectivity index (χ2v) is 5.10. The highest BCUT2D eigenvalue weighted by atomic mass is 16.5. The minimum atomic E-state index is -0.203. The largest absolute Gasteiger partial charge is 0.461 e. The molecule has 2 atom stereocenters. The number of hydrogen-bond donors (Lipinski definition) is 2. The van der Waals surface area contributed by atoms with Crippen molar-refractivity contribution in [1.29, 1.82) is 0 Å².